The molecule has 0 aliphatic carbocycles. The fourth-order valence-corrected chi connectivity index (χ4v) is 5.33. The summed E-state index contributed by atoms with van der Waals surface area (Å²) in [6.45, 7) is -0.278. The number of amides is 2. The number of hydrogen-bond acceptors (Lipinski definition) is 6. The molecule has 2 aliphatic heterocycles. The molecular weight excluding hydrogens is 440 g/mol. The van der Waals surface area contributed by atoms with Gasteiger partial charge in [0.1, 0.15) is 17.2 Å². The van der Waals surface area contributed by atoms with Crippen LogP contribution < -0.4 is 10.1 Å². The Labute approximate surface area is 167 Å². The molecule has 0 bridgehead atoms. The number of benzene rings is 1. The van der Waals surface area contributed by atoms with Crippen LogP contribution in [0.5, 0.6) is 5.75 Å². The molecule has 3 atom stereocenters. The van der Waals surface area contributed by atoms with Crippen LogP contribution in [0.1, 0.15) is 0 Å². The van der Waals surface area contributed by atoms with Crippen LogP contribution in [0.3, 0.4) is 0 Å². The van der Waals surface area contributed by atoms with Gasteiger partial charge in [-0.1, -0.05) is 34.1 Å². The fraction of sp³-hybridized carbons (Fsp3) is 0.353. The Morgan fingerprint density at radius 3 is 2.70 bits per heavy atom. The zero-order valence-corrected chi connectivity index (χ0v) is 16.7. The van der Waals surface area contributed by atoms with Gasteiger partial charge in [0.15, 0.2) is 12.6 Å². The van der Waals surface area contributed by atoms with E-state index in [1.54, 1.807) is 24.3 Å². The number of β-lactam (4-membered cyclic amide) rings is 1. The third-order valence-electron chi connectivity index (χ3n) is 4.17. The summed E-state index contributed by atoms with van der Waals surface area (Å²) in [5.41, 5.74) is 0.622. The second-order valence-corrected chi connectivity index (χ2v) is 7.94. The van der Waals surface area contributed by atoms with E-state index in [-0.39, 0.29) is 18.1 Å². The van der Waals surface area contributed by atoms with E-state index in [1.807, 2.05) is 6.07 Å². The summed E-state index contributed by atoms with van der Waals surface area (Å²) in [7, 11) is 1.21. The Bertz CT molecular complexity index is 787. The maximum Gasteiger partial charge on any atom is 0.355 e. The number of alkyl halides is 1. The highest BCUT2D eigenvalue weighted by molar-refractivity contribution is 9.09. The van der Waals surface area contributed by atoms with Crippen molar-refractivity contribution < 1.29 is 28.4 Å². The molecule has 0 spiro atoms. The minimum Gasteiger partial charge on any atom is -0.614 e. The predicted molar refractivity (Wildman–Crippen MR) is 100 cm³/mol. The highest BCUT2D eigenvalue weighted by Crippen LogP contribution is 2.37. The lowest BCUT2D eigenvalue weighted by Gasteiger charge is -2.49. The largest absolute Gasteiger partial charge is 0.614 e. The Morgan fingerprint density at radius 1 is 1.37 bits per heavy atom. The second-order valence-electron chi connectivity index (χ2n) is 5.85. The van der Waals surface area contributed by atoms with Crippen molar-refractivity contribution in [1.82, 2.24) is 10.2 Å². The first-order valence-electron chi connectivity index (χ1n) is 8.01. The van der Waals surface area contributed by atoms with Crippen molar-refractivity contribution >= 4 is 44.9 Å². The van der Waals surface area contributed by atoms with Crippen LogP contribution in [-0.4, -0.2) is 63.5 Å². The number of nitrogens with zero attached hydrogens (tertiary/aromatic N) is 1. The van der Waals surface area contributed by atoms with E-state index < -0.39 is 40.4 Å². The molecule has 2 amide bonds. The molecule has 144 valence electrons. The maximum atomic E-state index is 12.5. The van der Waals surface area contributed by atoms with E-state index in [4.69, 9.17) is 9.47 Å². The normalized spacial score (nSPS) is 24.0. The molecule has 0 saturated carbocycles. The summed E-state index contributed by atoms with van der Waals surface area (Å²) >= 11 is 1.79. The third-order valence-corrected chi connectivity index (χ3v) is 6.51. The number of carbonyl (C=O) groups excluding carboxylic acids is 3. The quantitative estimate of drug-likeness (QED) is 0.285. The average molecular weight is 457 g/mol. The number of fused-ring (bicyclic) bond motifs is 1. The van der Waals surface area contributed by atoms with Crippen molar-refractivity contribution in [2.75, 3.05) is 24.8 Å². The number of rotatable bonds is 6. The van der Waals surface area contributed by atoms with Crippen LogP contribution in [0.4, 0.5) is 0 Å². The fourth-order valence-electron chi connectivity index (χ4n) is 2.92. The van der Waals surface area contributed by atoms with Crippen LogP contribution in [0.25, 0.3) is 0 Å². The monoisotopic (exact) mass is 456 g/mol. The smallest absolute Gasteiger partial charge is 0.355 e. The first-order valence-corrected chi connectivity index (χ1v) is 10.5. The Hall–Kier alpha value is -2.04. The molecule has 1 saturated heterocycles. The van der Waals surface area contributed by atoms with Crippen molar-refractivity contribution in [1.29, 1.82) is 0 Å². The molecule has 2 unspecified atom stereocenters. The van der Waals surface area contributed by atoms with Crippen molar-refractivity contribution in [2.24, 2.45) is 0 Å². The molecule has 1 fully saturated rings. The molecule has 2 aliphatic rings. The zero-order chi connectivity index (χ0) is 19.6. The summed E-state index contributed by atoms with van der Waals surface area (Å²) in [6, 6.07) is 7.81. The van der Waals surface area contributed by atoms with E-state index in [9.17, 15) is 18.9 Å². The number of methoxy groups -OCH3 is 1. The second kappa shape index (κ2) is 8.32. The molecule has 8 nitrogen and oxygen atoms in total. The van der Waals surface area contributed by atoms with E-state index in [0.717, 1.165) is 4.90 Å². The van der Waals surface area contributed by atoms with Crippen molar-refractivity contribution in [3.05, 3.63) is 41.6 Å². The molecule has 2 heterocycles. The zero-order valence-electron chi connectivity index (χ0n) is 14.3. The molecule has 1 N–H and O–H groups in total. The molecule has 27 heavy (non-hydrogen) atoms. The van der Waals surface area contributed by atoms with Gasteiger partial charge in [-0.05, 0) is 23.3 Å². The van der Waals surface area contributed by atoms with Gasteiger partial charge in [0.2, 0.25) is 5.37 Å². The predicted octanol–water partition coefficient (Wildman–Crippen LogP) is 0.303. The first kappa shape index (κ1) is 19.7. The minimum absolute atomic E-state index is 0.0926. The number of ether oxygens (including phenoxy) is 2. The molecule has 3 rings (SSSR count). The van der Waals surface area contributed by atoms with Gasteiger partial charge in [-0.15, -0.1) is 0 Å². The standard InChI is InChI=1S/C17H17BrN2O6S/c1-25-17(23)14-10(7-18)9-27(24)16-13(15(22)20(14)16)19-12(21)8-26-11-5-3-2-4-6-11/h2-6,13,16H,7-9H2,1H3,(H,19,21)/t13?,16-,27?/m0/s1. The third kappa shape index (κ3) is 3.83. The lowest BCUT2D eigenvalue weighted by Crippen LogP contribution is -2.75. The molecule has 10 heteroatoms. The van der Waals surface area contributed by atoms with Gasteiger partial charge in [0, 0.05) is 10.9 Å². The molecule has 0 aromatic heterocycles. The van der Waals surface area contributed by atoms with Crippen molar-refractivity contribution in [2.45, 2.75) is 11.4 Å². The van der Waals surface area contributed by atoms with Crippen molar-refractivity contribution in [3.63, 3.8) is 0 Å². The van der Waals surface area contributed by atoms with Gasteiger partial charge in [-0.2, -0.15) is 0 Å². The summed E-state index contributed by atoms with van der Waals surface area (Å²) in [4.78, 5) is 37.9. The number of para-hydroxylation sites is 1. The van der Waals surface area contributed by atoms with Gasteiger partial charge in [0.05, 0.1) is 7.11 Å². The Morgan fingerprint density at radius 2 is 2.07 bits per heavy atom. The van der Waals surface area contributed by atoms with E-state index >= 15 is 0 Å². The van der Waals surface area contributed by atoms with E-state index in [1.165, 1.54) is 7.11 Å². The number of halogens is 1. The lowest BCUT2D eigenvalue weighted by molar-refractivity contribution is -0.152. The van der Waals surface area contributed by atoms with Crippen LogP contribution in [0.15, 0.2) is 41.6 Å². The highest BCUT2D eigenvalue weighted by atomic mass is 79.9. The summed E-state index contributed by atoms with van der Waals surface area (Å²) in [5.74, 6) is -1.04. The molecule has 1 aromatic rings. The summed E-state index contributed by atoms with van der Waals surface area (Å²) in [6.07, 6.45) is 0. The molecular formula is C17H17BrN2O6S. The van der Waals surface area contributed by atoms with E-state index in [2.05, 4.69) is 21.2 Å². The molecule has 1 aromatic carbocycles. The minimum atomic E-state index is -1.45. The number of carbonyl (C=O) groups is 3. The van der Waals surface area contributed by atoms with Crippen LogP contribution in [0, 0.1) is 0 Å². The van der Waals surface area contributed by atoms with Crippen LogP contribution in [0.2, 0.25) is 0 Å². The van der Waals surface area contributed by atoms with Gasteiger partial charge in [-0.25, -0.2) is 4.79 Å². The van der Waals surface area contributed by atoms with Gasteiger partial charge >= 0.3 is 5.97 Å². The SMILES string of the molecule is COC(=O)C1=C(CBr)C[S+]([O-])[C@H]2C(NC(=O)COc3ccccc3)C(=O)N12. The van der Waals surface area contributed by atoms with Crippen molar-refractivity contribution in [3.8, 4) is 5.75 Å². The van der Waals surface area contributed by atoms with Gasteiger partial charge in [-0.3, -0.25) is 14.5 Å². The topological polar surface area (TPSA) is 108 Å². The summed E-state index contributed by atoms with van der Waals surface area (Å²) in [5, 5.41) is 2.04. The summed E-state index contributed by atoms with van der Waals surface area (Å²) < 4.78 is 22.6. The number of esters is 1. The Kier molecular flexibility index (Phi) is 6.08. The van der Waals surface area contributed by atoms with Gasteiger partial charge < -0.3 is 19.3 Å². The first-order chi connectivity index (χ1) is 13.0. The average Bonchev–Trinajstić information content (AvgIpc) is 2.69. The highest BCUT2D eigenvalue weighted by Gasteiger charge is 2.60. The molecule has 0 radical (unpaired) electrons. The van der Waals surface area contributed by atoms with Crippen LogP contribution >= 0.6 is 15.9 Å². The number of nitrogens with one attached hydrogen (secondary N) is 1. The van der Waals surface area contributed by atoms with Gasteiger partial charge in [0.25, 0.3) is 11.8 Å². The maximum absolute atomic E-state index is 12.5. The lowest BCUT2D eigenvalue weighted by atomic mass is 10.0. The van der Waals surface area contributed by atoms with E-state index in [0.29, 0.717) is 16.7 Å². The van der Waals surface area contributed by atoms with Crippen LogP contribution in [-0.2, 0) is 30.3 Å². The Balaban J connectivity index is 1.68. The number of hydrogen-bond donors (Lipinski definition) is 1.